The number of rotatable bonds is 7. The summed E-state index contributed by atoms with van der Waals surface area (Å²) in [5, 5.41) is 27.3. The smallest absolute Gasteiger partial charge is 0.144 e. The van der Waals surface area contributed by atoms with Crippen LogP contribution in [0.3, 0.4) is 0 Å². The first-order valence-electron chi connectivity index (χ1n) is 8.55. The first-order chi connectivity index (χ1) is 11.9. The highest BCUT2D eigenvalue weighted by Crippen LogP contribution is 2.21. The van der Waals surface area contributed by atoms with E-state index in [9.17, 15) is 10.2 Å². The number of aliphatic hydroxyl groups excluding tert-OH is 2. The molecular weight excluding hydrogens is 314 g/mol. The second-order valence-corrected chi connectivity index (χ2v) is 6.43. The fourth-order valence-electron chi connectivity index (χ4n) is 2.65. The quantitative estimate of drug-likeness (QED) is 0.462. The Balaban J connectivity index is 2.07. The number of benzene rings is 2. The normalized spacial score (nSPS) is 16.8. The molecule has 0 heterocycles. The highest BCUT2D eigenvalue weighted by molar-refractivity contribution is 5.19. The molecule has 25 heavy (non-hydrogen) atoms. The lowest BCUT2D eigenvalue weighted by molar-refractivity contribution is -0.622. The van der Waals surface area contributed by atoms with Crippen LogP contribution in [0, 0.1) is 0 Å². The maximum absolute atomic E-state index is 10.5. The molecule has 2 N–H and O–H groups in total. The van der Waals surface area contributed by atoms with Gasteiger partial charge in [0.25, 0.3) is 0 Å². The largest absolute Gasteiger partial charge is 0.384 e. The van der Waals surface area contributed by atoms with Crippen molar-refractivity contribution in [3.8, 4) is 0 Å². The van der Waals surface area contributed by atoms with Crippen molar-refractivity contribution >= 4 is 0 Å². The van der Waals surface area contributed by atoms with Crippen molar-refractivity contribution in [1.82, 2.24) is 5.01 Å². The first kappa shape index (κ1) is 19.1. The SMILES string of the molecule is CC(C(O)c1ccccc1)N(C)N=[N+](C)C(C)C(O)c1ccccc1. The summed E-state index contributed by atoms with van der Waals surface area (Å²) in [7, 11) is 3.66. The monoisotopic (exact) mass is 342 g/mol. The van der Waals surface area contributed by atoms with Crippen LogP contribution in [0.4, 0.5) is 0 Å². The van der Waals surface area contributed by atoms with Gasteiger partial charge in [-0.1, -0.05) is 60.7 Å². The van der Waals surface area contributed by atoms with Crippen LogP contribution in [-0.4, -0.2) is 46.1 Å². The van der Waals surface area contributed by atoms with E-state index < -0.39 is 12.2 Å². The number of likely N-dealkylation sites (N-methyl/N-ethyl adjacent to an activating group) is 2. The Morgan fingerprint density at radius 3 is 1.76 bits per heavy atom. The minimum atomic E-state index is -0.641. The molecule has 2 aromatic carbocycles. The summed E-state index contributed by atoms with van der Waals surface area (Å²) in [6.45, 7) is 3.85. The van der Waals surface area contributed by atoms with Gasteiger partial charge in [0, 0.05) is 0 Å². The Kier molecular flexibility index (Phi) is 6.67. The molecule has 2 aromatic rings. The topological polar surface area (TPSA) is 59.1 Å². The summed E-state index contributed by atoms with van der Waals surface area (Å²) in [5.41, 5.74) is 1.72. The highest BCUT2D eigenvalue weighted by Gasteiger charge is 2.27. The molecule has 5 nitrogen and oxygen atoms in total. The van der Waals surface area contributed by atoms with Gasteiger partial charge in [0.15, 0.2) is 0 Å². The zero-order valence-corrected chi connectivity index (χ0v) is 15.3. The molecule has 0 bridgehead atoms. The molecule has 0 aromatic heterocycles. The van der Waals surface area contributed by atoms with Crippen LogP contribution in [0.2, 0.25) is 0 Å². The molecule has 0 amide bonds. The van der Waals surface area contributed by atoms with Crippen molar-refractivity contribution in [3.63, 3.8) is 0 Å². The van der Waals surface area contributed by atoms with Gasteiger partial charge in [-0.25, -0.2) is 0 Å². The van der Waals surface area contributed by atoms with E-state index in [0.717, 1.165) is 11.1 Å². The van der Waals surface area contributed by atoms with E-state index >= 15 is 0 Å². The van der Waals surface area contributed by atoms with Crippen LogP contribution < -0.4 is 0 Å². The fourth-order valence-corrected chi connectivity index (χ4v) is 2.65. The van der Waals surface area contributed by atoms with Crippen LogP contribution >= 0.6 is 0 Å². The van der Waals surface area contributed by atoms with Gasteiger partial charge >= 0.3 is 0 Å². The molecule has 0 aliphatic rings. The molecule has 5 heteroatoms. The molecule has 0 aliphatic carbocycles. The average molecular weight is 342 g/mol. The lowest BCUT2D eigenvalue weighted by atomic mass is 10.0. The minimum Gasteiger partial charge on any atom is -0.384 e. The molecule has 0 saturated carbocycles. The number of nitrogens with zero attached hydrogens (tertiary/aromatic N) is 3. The lowest BCUT2D eigenvalue weighted by Crippen LogP contribution is -2.34. The van der Waals surface area contributed by atoms with E-state index in [1.54, 1.807) is 9.71 Å². The van der Waals surface area contributed by atoms with Crippen LogP contribution in [0.15, 0.2) is 65.9 Å². The van der Waals surface area contributed by atoms with Crippen LogP contribution in [0.25, 0.3) is 0 Å². The van der Waals surface area contributed by atoms with E-state index in [4.69, 9.17) is 0 Å². The Hall–Kier alpha value is -2.24. The van der Waals surface area contributed by atoms with E-state index in [-0.39, 0.29) is 12.1 Å². The van der Waals surface area contributed by atoms with Gasteiger partial charge in [-0.2, -0.15) is 9.71 Å². The summed E-state index contributed by atoms with van der Waals surface area (Å²) in [6.07, 6.45) is -1.28. The molecule has 134 valence electrons. The van der Waals surface area contributed by atoms with Gasteiger partial charge in [0.2, 0.25) is 0 Å². The third-order valence-electron chi connectivity index (χ3n) is 4.66. The third kappa shape index (κ3) is 4.87. The highest BCUT2D eigenvalue weighted by atomic mass is 16.3. The molecule has 0 spiro atoms. The van der Waals surface area contributed by atoms with Crippen molar-refractivity contribution in [1.29, 1.82) is 0 Å². The zero-order valence-electron chi connectivity index (χ0n) is 15.3. The molecule has 4 atom stereocenters. The Morgan fingerprint density at radius 1 is 0.840 bits per heavy atom. The molecule has 0 saturated heterocycles. The van der Waals surface area contributed by atoms with E-state index in [1.807, 2.05) is 88.6 Å². The Labute approximate surface area is 149 Å². The van der Waals surface area contributed by atoms with Gasteiger partial charge in [-0.3, -0.25) is 0 Å². The number of hydrogen-bond donors (Lipinski definition) is 2. The zero-order chi connectivity index (χ0) is 18.4. The average Bonchev–Trinajstić information content (AvgIpc) is 2.66. The first-order valence-corrected chi connectivity index (χ1v) is 8.55. The molecular formula is C20H28N3O2+. The molecule has 0 aliphatic heterocycles. The minimum absolute atomic E-state index is 0.203. The fraction of sp³-hybridized carbons (Fsp3) is 0.400. The number of aliphatic hydroxyl groups is 2. The van der Waals surface area contributed by atoms with Crippen molar-refractivity contribution in [2.24, 2.45) is 5.22 Å². The summed E-state index contributed by atoms with van der Waals surface area (Å²) in [4.78, 5) is 0. The van der Waals surface area contributed by atoms with Gasteiger partial charge < -0.3 is 10.2 Å². The Morgan fingerprint density at radius 2 is 1.28 bits per heavy atom. The van der Waals surface area contributed by atoms with Crippen molar-refractivity contribution < 1.29 is 14.9 Å². The maximum atomic E-state index is 10.5. The van der Waals surface area contributed by atoms with Crippen LogP contribution in [0.5, 0.6) is 0 Å². The van der Waals surface area contributed by atoms with Crippen LogP contribution in [-0.2, 0) is 0 Å². The van der Waals surface area contributed by atoms with Gasteiger partial charge in [0.05, 0.1) is 19.3 Å². The molecule has 4 unspecified atom stereocenters. The van der Waals surface area contributed by atoms with E-state index in [0.29, 0.717) is 0 Å². The second kappa shape index (κ2) is 8.74. The van der Waals surface area contributed by atoms with Crippen molar-refractivity contribution in [2.45, 2.75) is 38.1 Å². The summed E-state index contributed by atoms with van der Waals surface area (Å²) >= 11 is 0. The molecule has 0 radical (unpaired) electrons. The predicted molar refractivity (Wildman–Crippen MR) is 98.1 cm³/mol. The summed E-state index contributed by atoms with van der Waals surface area (Å²) in [5.74, 6) is 0. The Bertz CT molecular complexity index is 676. The third-order valence-corrected chi connectivity index (χ3v) is 4.66. The maximum Gasteiger partial charge on any atom is 0.144 e. The second-order valence-electron chi connectivity index (χ2n) is 6.43. The van der Waals surface area contributed by atoms with Gasteiger partial charge in [0.1, 0.15) is 24.3 Å². The van der Waals surface area contributed by atoms with Gasteiger partial charge in [-0.05, 0) is 25.0 Å². The van der Waals surface area contributed by atoms with Crippen molar-refractivity contribution in [3.05, 3.63) is 71.8 Å². The van der Waals surface area contributed by atoms with Gasteiger partial charge in [-0.15, -0.1) is 0 Å². The number of hydrogen-bond acceptors (Lipinski definition) is 3. The molecule has 2 rings (SSSR count). The van der Waals surface area contributed by atoms with Crippen LogP contribution in [0.1, 0.15) is 37.2 Å². The van der Waals surface area contributed by atoms with Crippen molar-refractivity contribution in [2.75, 3.05) is 14.1 Å². The van der Waals surface area contributed by atoms with E-state index in [1.165, 1.54) is 0 Å². The summed E-state index contributed by atoms with van der Waals surface area (Å²) in [6, 6.07) is 18.7. The predicted octanol–water partition coefficient (Wildman–Crippen LogP) is 3.17. The molecule has 0 fully saturated rings. The van der Waals surface area contributed by atoms with E-state index in [2.05, 4.69) is 5.22 Å². The summed E-state index contributed by atoms with van der Waals surface area (Å²) < 4.78 is 1.73. The lowest BCUT2D eigenvalue weighted by Gasteiger charge is -2.23. The standard InChI is InChI=1S/C20H28N3O2/c1-15(19(24)17-11-7-5-8-12-17)22(3)21-23(4)16(2)20(25)18-13-9-6-10-14-18/h5-16,19-20,24-25H,1-4H3/q+1.